The van der Waals surface area contributed by atoms with Crippen LogP contribution in [-0.4, -0.2) is 57.1 Å². The fraction of sp³-hybridized carbons (Fsp3) is 0.818. The summed E-state index contributed by atoms with van der Waals surface area (Å²) < 4.78 is 29.9. The maximum atomic E-state index is 12.1. The third kappa shape index (κ3) is 4.17. The maximum absolute atomic E-state index is 12.1. The summed E-state index contributed by atoms with van der Waals surface area (Å²) in [5.41, 5.74) is 0. The summed E-state index contributed by atoms with van der Waals surface area (Å²) in [6.45, 7) is 0.360. The first kappa shape index (κ1) is 15.9. The van der Waals surface area contributed by atoms with Gasteiger partial charge in [-0.05, 0) is 19.3 Å². The summed E-state index contributed by atoms with van der Waals surface area (Å²) >= 11 is 0. The molecule has 1 heterocycles. The van der Waals surface area contributed by atoms with Crippen molar-refractivity contribution in [3.8, 4) is 0 Å². The van der Waals surface area contributed by atoms with Gasteiger partial charge in [0.15, 0.2) is 0 Å². The number of amides is 1. The molecule has 19 heavy (non-hydrogen) atoms. The van der Waals surface area contributed by atoms with Gasteiger partial charge in [-0.25, -0.2) is 8.42 Å². The van der Waals surface area contributed by atoms with Crippen LogP contribution in [0.25, 0.3) is 0 Å². The molecule has 0 radical (unpaired) electrons. The van der Waals surface area contributed by atoms with Crippen molar-refractivity contribution in [2.45, 2.75) is 31.7 Å². The van der Waals surface area contributed by atoms with Crippen molar-refractivity contribution in [1.82, 2.24) is 9.62 Å². The molecule has 110 valence electrons. The minimum absolute atomic E-state index is 0.0637. The van der Waals surface area contributed by atoms with Crippen molar-refractivity contribution in [3.05, 3.63) is 0 Å². The Hall–Kier alpha value is -1.15. The van der Waals surface area contributed by atoms with Gasteiger partial charge in [-0.3, -0.25) is 9.59 Å². The largest absolute Gasteiger partial charge is 0.469 e. The van der Waals surface area contributed by atoms with E-state index in [1.54, 1.807) is 0 Å². The lowest BCUT2D eigenvalue weighted by atomic mass is 10.2. The number of rotatable bonds is 6. The monoisotopic (exact) mass is 292 g/mol. The highest BCUT2D eigenvalue weighted by Crippen LogP contribution is 2.22. The minimum Gasteiger partial charge on any atom is -0.469 e. The summed E-state index contributed by atoms with van der Waals surface area (Å²) in [6, 6.07) is -0.617. The average Bonchev–Trinajstić information content (AvgIpc) is 2.87. The van der Waals surface area contributed by atoms with Gasteiger partial charge in [0, 0.05) is 20.0 Å². The second-order valence-electron chi connectivity index (χ2n) is 4.38. The van der Waals surface area contributed by atoms with Crippen LogP contribution >= 0.6 is 0 Å². The number of carbonyl (C=O) groups is 2. The molecule has 0 aliphatic carbocycles. The Kier molecular flexibility index (Phi) is 5.74. The molecule has 8 heteroatoms. The summed E-state index contributed by atoms with van der Waals surface area (Å²) in [6.07, 6.45) is 1.48. The molecule has 7 nitrogen and oxygen atoms in total. The Balaban J connectivity index is 2.61. The Labute approximate surface area is 113 Å². The van der Waals surface area contributed by atoms with E-state index >= 15 is 0 Å². The van der Waals surface area contributed by atoms with Crippen molar-refractivity contribution in [2.24, 2.45) is 0 Å². The second kappa shape index (κ2) is 6.85. The van der Waals surface area contributed by atoms with Gasteiger partial charge in [-0.2, -0.15) is 4.31 Å². The standard InChI is InChI=1S/C11H20N2O5S/c1-12-11(15)9-5-3-7-13(9)19(16,17)8-4-6-10(14)18-2/h9H,3-8H2,1-2H3,(H,12,15). The first-order chi connectivity index (χ1) is 8.92. The number of hydrogen-bond donors (Lipinski definition) is 1. The van der Waals surface area contributed by atoms with Gasteiger partial charge < -0.3 is 10.1 Å². The van der Waals surface area contributed by atoms with Crippen LogP contribution in [0.15, 0.2) is 0 Å². The molecule has 0 saturated carbocycles. The molecule has 1 fully saturated rings. The normalized spacial score (nSPS) is 20.2. The van der Waals surface area contributed by atoms with Gasteiger partial charge >= 0.3 is 5.97 Å². The van der Waals surface area contributed by atoms with Crippen molar-refractivity contribution >= 4 is 21.9 Å². The zero-order valence-corrected chi connectivity index (χ0v) is 12.0. The quantitative estimate of drug-likeness (QED) is 0.665. The number of nitrogens with one attached hydrogen (secondary N) is 1. The predicted molar refractivity (Wildman–Crippen MR) is 68.8 cm³/mol. The number of nitrogens with zero attached hydrogens (tertiary/aromatic N) is 1. The molecule has 1 unspecified atom stereocenters. The van der Waals surface area contributed by atoms with Crippen molar-refractivity contribution in [3.63, 3.8) is 0 Å². The van der Waals surface area contributed by atoms with Gasteiger partial charge in [0.1, 0.15) is 6.04 Å². The third-order valence-corrected chi connectivity index (χ3v) is 5.08. The number of carbonyl (C=O) groups excluding carboxylic acids is 2. The Morgan fingerprint density at radius 2 is 2.11 bits per heavy atom. The molecule has 1 amide bonds. The van der Waals surface area contributed by atoms with Gasteiger partial charge in [0.2, 0.25) is 15.9 Å². The molecule has 1 aliphatic heterocycles. The molecular formula is C11H20N2O5S. The average molecular weight is 292 g/mol. The van der Waals surface area contributed by atoms with Gasteiger partial charge in [-0.15, -0.1) is 0 Å². The van der Waals surface area contributed by atoms with Gasteiger partial charge in [-0.1, -0.05) is 0 Å². The predicted octanol–water partition coefficient (Wildman–Crippen LogP) is -0.520. The summed E-state index contributed by atoms with van der Waals surface area (Å²) in [5.74, 6) is -0.858. The molecule has 1 N–H and O–H groups in total. The smallest absolute Gasteiger partial charge is 0.305 e. The van der Waals surface area contributed by atoms with Gasteiger partial charge in [0.25, 0.3) is 0 Å². The lowest BCUT2D eigenvalue weighted by molar-refractivity contribution is -0.140. The highest BCUT2D eigenvalue weighted by atomic mass is 32.2. The molecule has 0 aromatic carbocycles. The number of sulfonamides is 1. The zero-order chi connectivity index (χ0) is 14.5. The molecule has 1 atom stereocenters. The van der Waals surface area contributed by atoms with E-state index in [4.69, 9.17) is 0 Å². The molecule has 1 rings (SSSR count). The SMILES string of the molecule is CNC(=O)C1CCCN1S(=O)(=O)CCCC(=O)OC. The summed E-state index contributed by atoms with van der Waals surface area (Å²) in [7, 11) is -0.752. The van der Waals surface area contributed by atoms with E-state index < -0.39 is 22.0 Å². The van der Waals surface area contributed by atoms with Crippen molar-refractivity contribution in [1.29, 1.82) is 0 Å². The van der Waals surface area contributed by atoms with E-state index in [-0.39, 0.29) is 24.5 Å². The van der Waals surface area contributed by atoms with E-state index in [1.807, 2.05) is 0 Å². The highest BCUT2D eigenvalue weighted by Gasteiger charge is 2.37. The molecule has 1 aliphatic rings. The van der Waals surface area contributed by atoms with E-state index in [0.29, 0.717) is 19.4 Å². The van der Waals surface area contributed by atoms with Crippen LogP contribution in [0.2, 0.25) is 0 Å². The lowest BCUT2D eigenvalue weighted by Gasteiger charge is -2.22. The van der Waals surface area contributed by atoms with Crippen molar-refractivity contribution < 1.29 is 22.7 Å². The van der Waals surface area contributed by atoms with Gasteiger partial charge in [0.05, 0.1) is 12.9 Å². The fourth-order valence-corrected chi connectivity index (χ4v) is 3.86. The molecule has 1 saturated heterocycles. The van der Waals surface area contributed by atoms with E-state index in [1.165, 1.54) is 18.5 Å². The van der Waals surface area contributed by atoms with E-state index in [0.717, 1.165) is 0 Å². The topological polar surface area (TPSA) is 92.8 Å². The van der Waals surface area contributed by atoms with Crippen LogP contribution < -0.4 is 5.32 Å². The van der Waals surface area contributed by atoms with Crippen LogP contribution in [0.4, 0.5) is 0 Å². The van der Waals surface area contributed by atoms with Crippen LogP contribution in [0.5, 0.6) is 0 Å². The van der Waals surface area contributed by atoms with Crippen molar-refractivity contribution in [2.75, 3.05) is 26.5 Å². The second-order valence-corrected chi connectivity index (χ2v) is 6.42. The molecule has 0 aromatic rings. The number of likely N-dealkylation sites (N-methyl/N-ethyl adjacent to an activating group) is 1. The van der Waals surface area contributed by atoms with Crippen LogP contribution in [0, 0.1) is 0 Å². The molecular weight excluding hydrogens is 272 g/mol. The fourth-order valence-electron chi connectivity index (χ4n) is 2.12. The minimum atomic E-state index is -3.50. The highest BCUT2D eigenvalue weighted by molar-refractivity contribution is 7.89. The van der Waals surface area contributed by atoms with Crippen LogP contribution in [0.3, 0.4) is 0 Å². The molecule has 0 spiro atoms. The first-order valence-electron chi connectivity index (χ1n) is 6.20. The Bertz CT molecular complexity index is 434. The third-order valence-electron chi connectivity index (χ3n) is 3.12. The molecule has 0 bridgehead atoms. The molecule has 0 aromatic heterocycles. The number of esters is 1. The summed E-state index contributed by atoms with van der Waals surface area (Å²) in [5, 5.41) is 2.47. The van der Waals surface area contributed by atoms with Crippen LogP contribution in [0.1, 0.15) is 25.7 Å². The number of hydrogen-bond acceptors (Lipinski definition) is 5. The number of methoxy groups -OCH3 is 1. The summed E-state index contributed by atoms with van der Waals surface area (Å²) in [4.78, 5) is 22.6. The number of ether oxygens (including phenoxy) is 1. The Morgan fingerprint density at radius 1 is 1.42 bits per heavy atom. The Morgan fingerprint density at radius 3 is 2.68 bits per heavy atom. The van der Waals surface area contributed by atoms with Crippen LogP contribution in [-0.2, 0) is 24.3 Å². The first-order valence-corrected chi connectivity index (χ1v) is 7.81. The zero-order valence-electron chi connectivity index (χ0n) is 11.2. The van der Waals surface area contributed by atoms with E-state index in [2.05, 4.69) is 10.1 Å². The lowest BCUT2D eigenvalue weighted by Crippen LogP contribution is -2.45. The van der Waals surface area contributed by atoms with E-state index in [9.17, 15) is 18.0 Å². The maximum Gasteiger partial charge on any atom is 0.305 e.